The van der Waals surface area contributed by atoms with Crippen LogP contribution in [0.15, 0.2) is 0 Å². The van der Waals surface area contributed by atoms with Crippen LogP contribution in [0.3, 0.4) is 0 Å². The van der Waals surface area contributed by atoms with Crippen LogP contribution < -0.4 is 10.6 Å². The van der Waals surface area contributed by atoms with E-state index in [9.17, 15) is 9.59 Å². The van der Waals surface area contributed by atoms with E-state index in [1.54, 1.807) is 6.92 Å². The first-order valence-corrected chi connectivity index (χ1v) is 5.54. The monoisotopic (exact) mass is 231 g/mol. The number of hydrogen-bond acceptors (Lipinski definition) is 4. The average molecular weight is 231 g/mol. The molecule has 0 saturated heterocycles. The van der Waals surface area contributed by atoms with E-state index in [1.165, 1.54) is 0 Å². The molecule has 0 aromatic heterocycles. The number of imide groups is 1. The van der Waals surface area contributed by atoms with E-state index >= 15 is 0 Å². The lowest BCUT2D eigenvalue weighted by molar-refractivity contribution is -0.121. The van der Waals surface area contributed by atoms with Gasteiger partial charge in [-0.3, -0.25) is 15.0 Å². The molecule has 94 valence electrons. The molecule has 0 bridgehead atoms. The van der Waals surface area contributed by atoms with Crippen molar-refractivity contribution < 1.29 is 14.7 Å². The summed E-state index contributed by atoms with van der Waals surface area (Å²) in [6.45, 7) is 5.84. The van der Waals surface area contributed by atoms with E-state index in [4.69, 9.17) is 5.11 Å². The fraction of sp³-hybridized carbons (Fsp3) is 0.800. The summed E-state index contributed by atoms with van der Waals surface area (Å²) in [5.41, 5.74) is 0. The Kier molecular flexibility index (Phi) is 8.46. The van der Waals surface area contributed by atoms with Crippen molar-refractivity contribution in [1.82, 2.24) is 15.5 Å². The lowest BCUT2D eigenvalue weighted by Gasteiger charge is -2.18. The van der Waals surface area contributed by atoms with Gasteiger partial charge in [-0.05, 0) is 19.9 Å². The number of urea groups is 1. The van der Waals surface area contributed by atoms with Crippen LogP contribution in [0.1, 0.15) is 20.3 Å². The Morgan fingerprint density at radius 2 is 2.00 bits per heavy atom. The fourth-order valence-corrected chi connectivity index (χ4v) is 1.22. The third kappa shape index (κ3) is 7.19. The summed E-state index contributed by atoms with van der Waals surface area (Å²) < 4.78 is 0. The van der Waals surface area contributed by atoms with Gasteiger partial charge in [-0.1, -0.05) is 6.92 Å². The molecule has 6 heteroatoms. The number of aliphatic hydroxyl groups is 1. The van der Waals surface area contributed by atoms with Crippen LogP contribution in [0.25, 0.3) is 0 Å². The van der Waals surface area contributed by atoms with Gasteiger partial charge in [0.2, 0.25) is 5.91 Å². The van der Waals surface area contributed by atoms with Crippen molar-refractivity contribution in [1.29, 1.82) is 0 Å². The summed E-state index contributed by atoms with van der Waals surface area (Å²) in [6, 6.07) is -0.467. The number of carbonyl (C=O) groups excluding carboxylic acids is 2. The summed E-state index contributed by atoms with van der Waals surface area (Å²) in [5, 5.41) is 13.4. The van der Waals surface area contributed by atoms with Crippen molar-refractivity contribution in [2.75, 3.05) is 32.8 Å². The van der Waals surface area contributed by atoms with Gasteiger partial charge in [0.25, 0.3) is 0 Å². The highest BCUT2D eigenvalue weighted by Crippen LogP contribution is 1.90. The molecule has 0 aliphatic carbocycles. The molecule has 0 aromatic rings. The lowest BCUT2D eigenvalue weighted by Crippen LogP contribution is -2.44. The largest absolute Gasteiger partial charge is 0.396 e. The molecule has 3 amide bonds. The predicted octanol–water partition coefficient (Wildman–Crippen LogP) is -0.464. The molecular weight excluding hydrogens is 210 g/mol. The number of hydrogen-bond donors (Lipinski definition) is 3. The minimum Gasteiger partial charge on any atom is -0.396 e. The van der Waals surface area contributed by atoms with Gasteiger partial charge in [0.15, 0.2) is 0 Å². The number of aliphatic hydroxyl groups excluding tert-OH is 1. The maximum absolute atomic E-state index is 11.4. The highest BCUT2D eigenvalue weighted by molar-refractivity contribution is 5.95. The second-order valence-corrected chi connectivity index (χ2v) is 3.35. The maximum atomic E-state index is 11.4. The Balaban J connectivity index is 3.86. The summed E-state index contributed by atoms with van der Waals surface area (Å²) in [5.74, 6) is -0.328. The SMILES string of the molecule is CCNC(=O)NC(=O)CN(CC)CCCO. The molecule has 0 atom stereocenters. The average Bonchev–Trinajstić information content (AvgIpc) is 2.24. The summed E-state index contributed by atoms with van der Waals surface area (Å²) in [6.07, 6.45) is 0.627. The van der Waals surface area contributed by atoms with Crippen LogP contribution >= 0.6 is 0 Å². The first-order chi connectivity index (χ1) is 7.63. The normalized spacial score (nSPS) is 10.2. The van der Waals surface area contributed by atoms with E-state index in [-0.39, 0.29) is 19.1 Å². The molecule has 0 unspecified atom stereocenters. The van der Waals surface area contributed by atoms with Crippen molar-refractivity contribution in [3.05, 3.63) is 0 Å². The molecule has 16 heavy (non-hydrogen) atoms. The molecule has 0 fully saturated rings. The lowest BCUT2D eigenvalue weighted by atomic mass is 10.3. The number of nitrogens with zero attached hydrogens (tertiary/aromatic N) is 1. The molecule has 0 aromatic carbocycles. The molecule has 0 radical (unpaired) electrons. The van der Waals surface area contributed by atoms with E-state index in [0.717, 1.165) is 0 Å². The number of amides is 3. The molecular formula is C10H21N3O3. The topological polar surface area (TPSA) is 81.7 Å². The number of rotatable bonds is 7. The van der Waals surface area contributed by atoms with Gasteiger partial charge in [0.05, 0.1) is 6.54 Å². The van der Waals surface area contributed by atoms with Gasteiger partial charge >= 0.3 is 6.03 Å². The minimum atomic E-state index is -0.467. The van der Waals surface area contributed by atoms with E-state index in [1.807, 2.05) is 11.8 Å². The highest BCUT2D eigenvalue weighted by Gasteiger charge is 2.10. The van der Waals surface area contributed by atoms with E-state index in [0.29, 0.717) is 26.1 Å². The molecule has 0 aliphatic heterocycles. The van der Waals surface area contributed by atoms with Crippen LogP contribution in [-0.4, -0.2) is 54.7 Å². The predicted molar refractivity (Wildman–Crippen MR) is 61.0 cm³/mol. The second kappa shape index (κ2) is 9.11. The Bertz CT molecular complexity index is 221. The zero-order valence-electron chi connectivity index (χ0n) is 9.95. The fourth-order valence-electron chi connectivity index (χ4n) is 1.22. The number of nitrogens with one attached hydrogen (secondary N) is 2. The molecule has 0 spiro atoms. The van der Waals surface area contributed by atoms with Crippen molar-refractivity contribution in [2.24, 2.45) is 0 Å². The molecule has 0 aliphatic rings. The van der Waals surface area contributed by atoms with Gasteiger partial charge in [0, 0.05) is 19.7 Å². The van der Waals surface area contributed by atoms with Crippen molar-refractivity contribution in [2.45, 2.75) is 20.3 Å². The second-order valence-electron chi connectivity index (χ2n) is 3.35. The minimum absolute atomic E-state index is 0.106. The Morgan fingerprint density at radius 3 is 2.50 bits per heavy atom. The molecule has 0 saturated carbocycles. The standard InChI is InChI=1S/C10H21N3O3/c1-3-11-10(16)12-9(15)8-13(4-2)6-5-7-14/h14H,3-8H2,1-2H3,(H2,11,12,15,16). The Morgan fingerprint density at radius 1 is 1.31 bits per heavy atom. The van der Waals surface area contributed by atoms with Gasteiger partial charge in [0.1, 0.15) is 0 Å². The first-order valence-electron chi connectivity index (χ1n) is 5.54. The van der Waals surface area contributed by atoms with Gasteiger partial charge in [-0.25, -0.2) is 4.79 Å². The number of likely N-dealkylation sites (N-methyl/N-ethyl adjacent to an activating group) is 1. The Hall–Kier alpha value is -1.14. The summed E-state index contributed by atoms with van der Waals surface area (Å²) >= 11 is 0. The summed E-state index contributed by atoms with van der Waals surface area (Å²) in [7, 11) is 0. The number of carbonyl (C=O) groups is 2. The van der Waals surface area contributed by atoms with Gasteiger partial charge < -0.3 is 10.4 Å². The van der Waals surface area contributed by atoms with Crippen LogP contribution in [0.4, 0.5) is 4.79 Å². The quantitative estimate of drug-likeness (QED) is 0.553. The van der Waals surface area contributed by atoms with Crippen LogP contribution in [-0.2, 0) is 4.79 Å². The van der Waals surface area contributed by atoms with Crippen LogP contribution in [0, 0.1) is 0 Å². The van der Waals surface area contributed by atoms with Crippen LogP contribution in [0.5, 0.6) is 0 Å². The van der Waals surface area contributed by atoms with Crippen molar-refractivity contribution in [3.8, 4) is 0 Å². The van der Waals surface area contributed by atoms with E-state index in [2.05, 4.69) is 10.6 Å². The molecule has 6 nitrogen and oxygen atoms in total. The molecule has 3 N–H and O–H groups in total. The smallest absolute Gasteiger partial charge is 0.321 e. The Labute approximate surface area is 96.0 Å². The molecule has 0 rings (SSSR count). The first kappa shape index (κ1) is 14.9. The van der Waals surface area contributed by atoms with Crippen LogP contribution in [0.2, 0.25) is 0 Å². The third-order valence-corrected chi connectivity index (χ3v) is 2.04. The highest BCUT2D eigenvalue weighted by atomic mass is 16.3. The maximum Gasteiger partial charge on any atom is 0.321 e. The summed E-state index contributed by atoms with van der Waals surface area (Å²) in [4.78, 5) is 24.3. The van der Waals surface area contributed by atoms with Crippen molar-refractivity contribution in [3.63, 3.8) is 0 Å². The zero-order valence-corrected chi connectivity index (χ0v) is 9.95. The molecule has 0 heterocycles. The van der Waals surface area contributed by atoms with E-state index < -0.39 is 6.03 Å². The van der Waals surface area contributed by atoms with Crippen molar-refractivity contribution >= 4 is 11.9 Å². The third-order valence-electron chi connectivity index (χ3n) is 2.04. The van der Waals surface area contributed by atoms with Gasteiger partial charge in [-0.15, -0.1) is 0 Å². The van der Waals surface area contributed by atoms with Gasteiger partial charge in [-0.2, -0.15) is 0 Å². The zero-order chi connectivity index (χ0) is 12.4.